The summed E-state index contributed by atoms with van der Waals surface area (Å²) in [6.45, 7) is 3.55. The first-order valence-electron chi connectivity index (χ1n) is 9.32. The summed E-state index contributed by atoms with van der Waals surface area (Å²) < 4.78 is 10.6. The zero-order valence-electron chi connectivity index (χ0n) is 16.0. The molecule has 2 heterocycles. The highest BCUT2D eigenvalue weighted by Crippen LogP contribution is 2.30. The molecule has 6 nitrogen and oxygen atoms in total. The molecule has 0 aliphatic carbocycles. The summed E-state index contributed by atoms with van der Waals surface area (Å²) in [5, 5.41) is 3.06. The number of piperidine rings is 1. The summed E-state index contributed by atoms with van der Waals surface area (Å²) >= 11 is 0. The van der Waals surface area contributed by atoms with E-state index in [-0.39, 0.29) is 5.91 Å². The number of benzene rings is 1. The number of rotatable bonds is 7. The maximum absolute atomic E-state index is 12.6. The van der Waals surface area contributed by atoms with E-state index in [9.17, 15) is 4.79 Å². The third-order valence-corrected chi connectivity index (χ3v) is 4.91. The van der Waals surface area contributed by atoms with Gasteiger partial charge in [-0.25, -0.2) is 0 Å². The van der Waals surface area contributed by atoms with Crippen molar-refractivity contribution in [3.63, 3.8) is 0 Å². The molecule has 144 valence electrons. The van der Waals surface area contributed by atoms with Gasteiger partial charge < -0.3 is 14.8 Å². The first kappa shape index (κ1) is 19.2. The second-order valence-corrected chi connectivity index (χ2v) is 6.82. The highest BCUT2D eigenvalue weighted by molar-refractivity contribution is 5.97. The molecule has 1 aliphatic heterocycles. The average Bonchev–Trinajstić information content (AvgIpc) is 2.72. The van der Waals surface area contributed by atoms with Crippen LogP contribution in [0.15, 0.2) is 42.6 Å². The minimum absolute atomic E-state index is 0.132. The number of hydrogen-bond donors (Lipinski definition) is 1. The number of amides is 1. The third-order valence-electron chi connectivity index (χ3n) is 4.91. The van der Waals surface area contributed by atoms with Gasteiger partial charge in [0.1, 0.15) is 0 Å². The van der Waals surface area contributed by atoms with Gasteiger partial charge in [-0.3, -0.25) is 14.7 Å². The van der Waals surface area contributed by atoms with Crippen LogP contribution >= 0.6 is 0 Å². The second-order valence-electron chi connectivity index (χ2n) is 6.82. The Hall–Kier alpha value is -2.60. The molecule has 1 N–H and O–H groups in total. The molecular formula is C21H27N3O3. The van der Waals surface area contributed by atoms with Gasteiger partial charge in [0.15, 0.2) is 11.5 Å². The Bertz CT molecular complexity index is 752. The van der Waals surface area contributed by atoms with E-state index < -0.39 is 0 Å². The van der Waals surface area contributed by atoms with Crippen molar-refractivity contribution in [2.24, 2.45) is 5.92 Å². The fourth-order valence-corrected chi connectivity index (χ4v) is 3.58. The molecule has 27 heavy (non-hydrogen) atoms. The first-order chi connectivity index (χ1) is 13.2. The number of aromatic nitrogens is 1. The fourth-order valence-electron chi connectivity index (χ4n) is 3.58. The van der Waals surface area contributed by atoms with Crippen LogP contribution < -0.4 is 14.8 Å². The van der Waals surface area contributed by atoms with Crippen molar-refractivity contribution in [3.8, 4) is 11.5 Å². The van der Waals surface area contributed by atoms with E-state index >= 15 is 0 Å². The Morgan fingerprint density at radius 3 is 2.85 bits per heavy atom. The number of nitrogens with zero attached hydrogens (tertiary/aromatic N) is 2. The van der Waals surface area contributed by atoms with Crippen molar-refractivity contribution in [1.82, 2.24) is 15.2 Å². The lowest BCUT2D eigenvalue weighted by molar-refractivity contribution is 0.0926. The Labute approximate surface area is 160 Å². The van der Waals surface area contributed by atoms with Crippen LogP contribution in [0.25, 0.3) is 0 Å². The zero-order valence-corrected chi connectivity index (χ0v) is 16.0. The molecule has 2 aromatic rings. The van der Waals surface area contributed by atoms with E-state index in [2.05, 4.69) is 21.3 Å². The largest absolute Gasteiger partial charge is 0.493 e. The molecule has 1 fully saturated rings. The van der Waals surface area contributed by atoms with Crippen LogP contribution in [0.4, 0.5) is 0 Å². The smallest absolute Gasteiger partial charge is 0.255 e. The van der Waals surface area contributed by atoms with Crippen molar-refractivity contribution in [2.45, 2.75) is 19.4 Å². The van der Waals surface area contributed by atoms with Gasteiger partial charge in [0.05, 0.1) is 25.5 Å². The molecule has 1 amide bonds. The number of ether oxygens (including phenoxy) is 2. The molecule has 6 heteroatoms. The van der Waals surface area contributed by atoms with Crippen LogP contribution in [0.3, 0.4) is 0 Å². The van der Waals surface area contributed by atoms with Crippen molar-refractivity contribution in [1.29, 1.82) is 0 Å². The van der Waals surface area contributed by atoms with Crippen LogP contribution in [-0.2, 0) is 6.54 Å². The topological polar surface area (TPSA) is 63.7 Å². The van der Waals surface area contributed by atoms with Gasteiger partial charge in [-0.05, 0) is 49.6 Å². The molecule has 1 aromatic heterocycles. The molecular weight excluding hydrogens is 342 g/mol. The fraction of sp³-hybridized carbons (Fsp3) is 0.429. The standard InChI is InChI=1S/C21H27N3O3/c1-26-19-10-5-9-18(20(19)27-2)21(25)23-13-16-7-6-12-24(14-16)15-17-8-3-4-11-22-17/h3-5,8-11,16H,6-7,12-15H2,1-2H3,(H,23,25). The van der Waals surface area contributed by atoms with E-state index in [0.29, 0.717) is 29.5 Å². The maximum atomic E-state index is 12.6. The number of nitrogens with one attached hydrogen (secondary N) is 1. The number of carbonyl (C=O) groups excluding carboxylic acids is 1. The predicted octanol–water partition coefficient (Wildman–Crippen LogP) is 2.74. The van der Waals surface area contributed by atoms with Crippen molar-refractivity contribution in [3.05, 3.63) is 53.9 Å². The molecule has 1 atom stereocenters. The molecule has 1 aliphatic rings. The molecule has 0 bridgehead atoms. The Kier molecular flexibility index (Phi) is 6.65. The van der Waals surface area contributed by atoms with Crippen molar-refractivity contribution < 1.29 is 14.3 Å². The average molecular weight is 369 g/mol. The minimum atomic E-state index is -0.132. The summed E-state index contributed by atoms with van der Waals surface area (Å²) in [6, 6.07) is 11.3. The number of pyridine rings is 1. The van der Waals surface area contributed by atoms with Gasteiger partial charge in [0.25, 0.3) is 5.91 Å². The van der Waals surface area contributed by atoms with Gasteiger partial charge in [0, 0.05) is 25.8 Å². The Morgan fingerprint density at radius 2 is 2.11 bits per heavy atom. The second kappa shape index (κ2) is 9.37. The molecule has 3 rings (SSSR count). The van der Waals surface area contributed by atoms with Gasteiger partial charge in [-0.2, -0.15) is 0 Å². The van der Waals surface area contributed by atoms with Crippen molar-refractivity contribution in [2.75, 3.05) is 33.9 Å². The predicted molar refractivity (Wildman–Crippen MR) is 104 cm³/mol. The summed E-state index contributed by atoms with van der Waals surface area (Å²) in [5.74, 6) is 1.33. The molecule has 1 aromatic carbocycles. The molecule has 0 spiro atoms. The minimum Gasteiger partial charge on any atom is -0.493 e. The van der Waals surface area contributed by atoms with Crippen molar-refractivity contribution >= 4 is 5.91 Å². The monoisotopic (exact) mass is 369 g/mol. The molecule has 0 saturated carbocycles. The lowest BCUT2D eigenvalue weighted by Crippen LogP contribution is -2.40. The van der Waals surface area contributed by atoms with Gasteiger partial charge >= 0.3 is 0 Å². The van der Waals surface area contributed by atoms with E-state index in [1.54, 1.807) is 32.4 Å². The number of hydrogen-bond acceptors (Lipinski definition) is 5. The highest BCUT2D eigenvalue weighted by atomic mass is 16.5. The van der Waals surface area contributed by atoms with Gasteiger partial charge in [0.2, 0.25) is 0 Å². The molecule has 1 unspecified atom stereocenters. The summed E-state index contributed by atoms with van der Waals surface area (Å²) in [5.41, 5.74) is 1.58. The van der Waals surface area contributed by atoms with E-state index in [1.807, 2.05) is 18.3 Å². The summed E-state index contributed by atoms with van der Waals surface area (Å²) in [7, 11) is 3.11. The summed E-state index contributed by atoms with van der Waals surface area (Å²) in [6.07, 6.45) is 4.09. The summed E-state index contributed by atoms with van der Waals surface area (Å²) in [4.78, 5) is 19.5. The number of para-hydroxylation sites is 1. The normalized spacial score (nSPS) is 17.3. The van der Waals surface area contributed by atoms with E-state index in [0.717, 1.165) is 38.2 Å². The quantitative estimate of drug-likeness (QED) is 0.813. The van der Waals surface area contributed by atoms with Crippen LogP contribution in [0.1, 0.15) is 28.9 Å². The Morgan fingerprint density at radius 1 is 1.22 bits per heavy atom. The van der Waals surface area contributed by atoms with Gasteiger partial charge in [-0.15, -0.1) is 0 Å². The van der Waals surface area contributed by atoms with Crippen LogP contribution in [0.5, 0.6) is 11.5 Å². The Balaban J connectivity index is 1.56. The number of methoxy groups -OCH3 is 2. The molecule has 0 radical (unpaired) electrons. The van der Waals surface area contributed by atoms with E-state index in [4.69, 9.17) is 9.47 Å². The first-order valence-corrected chi connectivity index (χ1v) is 9.32. The number of likely N-dealkylation sites (tertiary alicyclic amines) is 1. The maximum Gasteiger partial charge on any atom is 0.255 e. The van der Waals surface area contributed by atoms with Gasteiger partial charge in [-0.1, -0.05) is 12.1 Å². The van der Waals surface area contributed by atoms with Crippen LogP contribution in [0, 0.1) is 5.92 Å². The lowest BCUT2D eigenvalue weighted by Gasteiger charge is -2.32. The van der Waals surface area contributed by atoms with Crippen LogP contribution in [-0.4, -0.2) is 49.6 Å². The molecule has 1 saturated heterocycles. The van der Waals surface area contributed by atoms with Crippen LogP contribution in [0.2, 0.25) is 0 Å². The third kappa shape index (κ3) is 4.98. The van der Waals surface area contributed by atoms with E-state index in [1.165, 1.54) is 0 Å². The zero-order chi connectivity index (χ0) is 19.1. The highest BCUT2D eigenvalue weighted by Gasteiger charge is 2.22. The SMILES string of the molecule is COc1cccc(C(=O)NCC2CCCN(Cc3ccccn3)C2)c1OC. The number of carbonyl (C=O) groups is 1. The lowest BCUT2D eigenvalue weighted by atomic mass is 9.97.